The Hall–Kier alpha value is -0.920. The summed E-state index contributed by atoms with van der Waals surface area (Å²) in [4.78, 5) is 0. The van der Waals surface area contributed by atoms with E-state index in [-0.39, 0.29) is 0 Å². The number of unbranched alkanes of at least 4 members (excludes halogenated alkanes) is 10. The van der Waals surface area contributed by atoms with E-state index in [2.05, 4.69) is 6.92 Å². The molecule has 0 aromatic rings. The summed E-state index contributed by atoms with van der Waals surface area (Å²) >= 11 is 0. The van der Waals surface area contributed by atoms with Gasteiger partial charge in [0.25, 0.3) is 5.95 Å². The first-order valence-electron chi connectivity index (χ1n) is 7.52. The van der Waals surface area contributed by atoms with E-state index in [1.54, 1.807) is 6.08 Å². The van der Waals surface area contributed by atoms with Crippen molar-refractivity contribution in [3.63, 3.8) is 0 Å². The van der Waals surface area contributed by atoms with Gasteiger partial charge in [-0.1, -0.05) is 76.9 Å². The molecule has 2 heteroatoms. The second-order valence-corrected chi connectivity index (χ2v) is 4.92. The summed E-state index contributed by atoms with van der Waals surface area (Å²) in [5.74, 6) is -0.616. The van der Waals surface area contributed by atoms with Crippen LogP contribution in [0.2, 0.25) is 0 Å². The quantitative estimate of drug-likeness (QED) is 0.262. The van der Waals surface area contributed by atoms with E-state index in [1.807, 2.05) is 6.08 Å². The lowest BCUT2D eigenvalue weighted by Gasteiger charge is -2.01. The summed E-state index contributed by atoms with van der Waals surface area (Å²) in [6.45, 7) is 2.26. The van der Waals surface area contributed by atoms with Crippen LogP contribution in [0.25, 0.3) is 0 Å². The van der Waals surface area contributed by atoms with Crippen molar-refractivity contribution in [3.05, 3.63) is 24.2 Å². The van der Waals surface area contributed by atoms with Gasteiger partial charge in [0.05, 0.1) is 0 Å². The average Bonchev–Trinajstić information content (AvgIpc) is 2.34. The second-order valence-electron chi connectivity index (χ2n) is 4.92. The molecule has 0 saturated carbocycles. The van der Waals surface area contributed by atoms with Crippen LogP contribution < -0.4 is 0 Å². The molecule has 2 N–H and O–H groups in total. The van der Waals surface area contributed by atoms with E-state index in [0.717, 1.165) is 6.42 Å². The Kier molecular flexibility index (Phi) is 13.4. The fraction of sp³-hybridized carbons (Fsp3) is 0.750. The number of aliphatic hydroxyl groups excluding tert-OH is 1. The first-order valence-corrected chi connectivity index (χ1v) is 7.52. The maximum atomic E-state index is 8.49. The molecule has 0 aliphatic carbocycles. The monoisotopic (exact) mass is 254 g/mol. The lowest BCUT2D eigenvalue weighted by molar-refractivity contribution is 0.191. The fourth-order valence-corrected chi connectivity index (χ4v) is 2.00. The van der Waals surface area contributed by atoms with E-state index < -0.39 is 5.95 Å². The highest BCUT2D eigenvalue weighted by molar-refractivity contribution is 5.01. The molecule has 0 unspecified atom stereocenters. The van der Waals surface area contributed by atoms with Crippen molar-refractivity contribution in [2.75, 3.05) is 0 Å². The predicted octanol–water partition coefficient (Wildman–Crippen LogP) is 5.81. The van der Waals surface area contributed by atoms with Gasteiger partial charge in [-0.05, 0) is 12.8 Å². The zero-order chi connectivity index (χ0) is 13.5. The molecule has 0 amide bonds. The summed E-state index contributed by atoms with van der Waals surface area (Å²) in [5.41, 5.74) is 0. The highest BCUT2D eigenvalue weighted by atomic mass is 16.5. The zero-order valence-electron chi connectivity index (χ0n) is 11.9. The van der Waals surface area contributed by atoms with Gasteiger partial charge in [-0.2, -0.15) is 0 Å². The third kappa shape index (κ3) is 15.1. The van der Waals surface area contributed by atoms with E-state index in [4.69, 9.17) is 10.2 Å². The number of hydrogen-bond donors (Lipinski definition) is 2. The molecule has 0 spiro atoms. The minimum absolute atomic E-state index is 0.616. The zero-order valence-corrected chi connectivity index (χ0v) is 11.9. The first kappa shape index (κ1) is 17.1. The number of hydrogen-bond acceptors (Lipinski definition) is 2. The SMILES string of the molecule is CCCCCCCCCCCCC=CC=C(O)O. The van der Waals surface area contributed by atoms with Crippen LogP contribution in [-0.2, 0) is 0 Å². The minimum atomic E-state index is -0.616. The maximum Gasteiger partial charge on any atom is 0.274 e. The van der Waals surface area contributed by atoms with Crippen molar-refractivity contribution in [1.82, 2.24) is 0 Å². The van der Waals surface area contributed by atoms with Gasteiger partial charge in [-0.15, -0.1) is 0 Å². The molecular weight excluding hydrogens is 224 g/mol. The van der Waals surface area contributed by atoms with E-state index in [9.17, 15) is 0 Å². The van der Waals surface area contributed by atoms with Gasteiger partial charge in [0.15, 0.2) is 0 Å². The van der Waals surface area contributed by atoms with Gasteiger partial charge in [0.1, 0.15) is 0 Å². The minimum Gasteiger partial charge on any atom is -0.481 e. The van der Waals surface area contributed by atoms with Gasteiger partial charge in [0.2, 0.25) is 0 Å². The van der Waals surface area contributed by atoms with Crippen LogP contribution in [0.5, 0.6) is 0 Å². The molecule has 0 rings (SSSR count). The summed E-state index contributed by atoms with van der Waals surface area (Å²) in [5, 5.41) is 17.0. The van der Waals surface area contributed by atoms with E-state index in [0.29, 0.717) is 0 Å². The number of rotatable bonds is 12. The van der Waals surface area contributed by atoms with Crippen molar-refractivity contribution >= 4 is 0 Å². The Bertz CT molecular complexity index is 215. The topological polar surface area (TPSA) is 40.5 Å². The summed E-state index contributed by atoms with van der Waals surface area (Å²) in [7, 11) is 0. The summed E-state index contributed by atoms with van der Waals surface area (Å²) in [6, 6.07) is 0. The third-order valence-electron chi connectivity index (χ3n) is 3.11. The summed E-state index contributed by atoms with van der Waals surface area (Å²) < 4.78 is 0. The van der Waals surface area contributed by atoms with Crippen LogP contribution in [0.3, 0.4) is 0 Å². The van der Waals surface area contributed by atoms with Crippen molar-refractivity contribution in [3.8, 4) is 0 Å². The Labute approximate surface area is 112 Å². The molecule has 106 valence electrons. The van der Waals surface area contributed by atoms with Crippen LogP contribution >= 0.6 is 0 Å². The van der Waals surface area contributed by atoms with Crippen molar-refractivity contribution in [1.29, 1.82) is 0 Å². The number of aliphatic hydroxyl groups is 2. The third-order valence-corrected chi connectivity index (χ3v) is 3.11. The molecule has 0 saturated heterocycles. The molecule has 0 atom stereocenters. The van der Waals surface area contributed by atoms with Gasteiger partial charge >= 0.3 is 0 Å². The van der Waals surface area contributed by atoms with E-state index >= 15 is 0 Å². The van der Waals surface area contributed by atoms with Crippen LogP contribution in [0.15, 0.2) is 24.2 Å². The van der Waals surface area contributed by atoms with Gasteiger partial charge < -0.3 is 10.2 Å². The van der Waals surface area contributed by atoms with Crippen LogP contribution in [0, 0.1) is 0 Å². The van der Waals surface area contributed by atoms with Crippen LogP contribution in [0.1, 0.15) is 77.6 Å². The van der Waals surface area contributed by atoms with E-state index in [1.165, 1.54) is 70.3 Å². The Morgan fingerprint density at radius 1 is 0.778 bits per heavy atom. The van der Waals surface area contributed by atoms with Crippen LogP contribution in [0.4, 0.5) is 0 Å². The van der Waals surface area contributed by atoms with Gasteiger partial charge in [-0.3, -0.25) is 0 Å². The van der Waals surface area contributed by atoms with Crippen molar-refractivity contribution < 1.29 is 10.2 Å². The molecule has 0 aromatic carbocycles. The van der Waals surface area contributed by atoms with Crippen molar-refractivity contribution in [2.45, 2.75) is 77.6 Å². The molecule has 0 fully saturated rings. The summed E-state index contributed by atoms with van der Waals surface area (Å²) in [6.07, 6.45) is 19.5. The Morgan fingerprint density at radius 2 is 1.28 bits per heavy atom. The Morgan fingerprint density at radius 3 is 1.78 bits per heavy atom. The maximum absolute atomic E-state index is 8.49. The smallest absolute Gasteiger partial charge is 0.274 e. The highest BCUT2D eigenvalue weighted by Crippen LogP contribution is 2.11. The van der Waals surface area contributed by atoms with Gasteiger partial charge in [-0.25, -0.2) is 0 Å². The lowest BCUT2D eigenvalue weighted by Crippen LogP contribution is -1.81. The molecule has 2 nitrogen and oxygen atoms in total. The Balaban J connectivity index is 3.07. The van der Waals surface area contributed by atoms with Crippen molar-refractivity contribution in [2.24, 2.45) is 0 Å². The molecule has 0 aromatic heterocycles. The largest absolute Gasteiger partial charge is 0.481 e. The molecular formula is C16H30O2. The number of allylic oxidation sites excluding steroid dienone is 3. The van der Waals surface area contributed by atoms with Crippen LogP contribution in [-0.4, -0.2) is 10.2 Å². The fourth-order valence-electron chi connectivity index (χ4n) is 2.00. The second kappa shape index (κ2) is 14.1. The predicted molar refractivity (Wildman–Crippen MR) is 78.9 cm³/mol. The molecule has 0 aliphatic rings. The first-order chi connectivity index (χ1) is 8.77. The lowest BCUT2D eigenvalue weighted by atomic mass is 10.1. The highest BCUT2D eigenvalue weighted by Gasteiger charge is 1.91. The molecule has 0 bridgehead atoms. The standard InChI is InChI=1S/C16H30O2/c1-2-3-4-5-6-7-8-9-10-11-12-13-14-15-16(17)18/h13-15,17-18H,2-12H2,1H3. The molecule has 0 heterocycles. The normalized spacial score (nSPS) is 10.9. The average molecular weight is 254 g/mol. The molecule has 18 heavy (non-hydrogen) atoms. The molecule has 0 radical (unpaired) electrons. The van der Waals surface area contributed by atoms with Gasteiger partial charge in [0, 0.05) is 6.08 Å². The molecule has 0 aliphatic heterocycles.